The van der Waals surface area contributed by atoms with Crippen molar-refractivity contribution >= 4 is 21.8 Å². The molecule has 4 heteroatoms. The van der Waals surface area contributed by atoms with Crippen LogP contribution < -0.4 is 4.73 Å². The van der Waals surface area contributed by atoms with E-state index in [2.05, 4.69) is 70.8 Å². The van der Waals surface area contributed by atoms with Gasteiger partial charge in [-0.05, 0) is 58.4 Å². The number of benzene rings is 2. The molecule has 0 unspecified atom stereocenters. The summed E-state index contributed by atoms with van der Waals surface area (Å²) in [5.74, 6) is 0. The minimum absolute atomic E-state index is 0.123. The normalized spacial score (nSPS) is 11.6. The maximum Gasteiger partial charge on any atom is 0.223 e. The highest BCUT2D eigenvalue weighted by Gasteiger charge is 2.15. The molecule has 2 heterocycles. The molecule has 0 aliphatic rings. The van der Waals surface area contributed by atoms with Gasteiger partial charge >= 0.3 is 0 Å². The standard InChI is InChI=1S/C14H14N2.C13H15NO/c1-14(2,3)11-5-7-13-10(8-11)4-6-12(9-15)16-13;1-13(2,3)11-6-7-12-10(9-11)5-4-8-14(12)15/h4-8H,1-3H3;4-9H,1-3H3. The van der Waals surface area contributed by atoms with E-state index in [-0.39, 0.29) is 10.8 Å². The summed E-state index contributed by atoms with van der Waals surface area (Å²) in [5, 5.41) is 22.3. The molecule has 0 bridgehead atoms. The number of nitrogens with zero attached hydrogens (tertiary/aromatic N) is 3. The third-order valence-corrected chi connectivity index (χ3v) is 5.30. The highest BCUT2D eigenvalue weighted by molar-refractivity contribution is 5.80. The van der Waals surface area contributed by atoms with Gasteiger partial charge in [-0.15, -0.1) is 0 Å². The lowest BCUT2D eigenvalue weighted by molar-refractivity contribution is -0.577. The van der Waals surface area contributed by atoms with Crippen molar-refractivity contribution in [2.45, 2.75) is 52.4 Å². The van der Waals surface area contributed by atoms with Crippen LogP contribution in [0.1, 0.15) is 58.4 Å². The molecule has 0 fully saturated rings. The van der Waals surface area contributed by atoms with E-state index in [1.165, 1.54) is 17.3 Å². The van der Waals surface area contributed by atoms with Gasteiger partial charge in [0.1, 0.15) is 11.8 Å². The monoisotopic (exact) mass is 411 g/mol. The fourth-order valence-corrected chi connectivity index (χ4v) is 3.31. The minimum Gasteiger partial charge on any atom is -0.618 e. The molecule has 158 valence electrons. The van der Waals surface area contributed by atoms with Crippen molar-refractivity contribution in [3.63, 3.8) is 0 Å². The van der Waals surface area contributed by atoms with E-state index in [1.54, 1.807) is 12.1 Å². The molecule has 4 nitrogen and oxygen atoms in total. The summed E-state index contributed by atoms with van der Waals surface area (Å²) in [5.41, 5.74) is 4.88. The van der Waals surface area contributed by atoms with Gasteiger partial charge < -0.3 is 5.21 Å². The van der Waals surface area contributed by atoms with E-state index in [0.717, 1.165) is 26.5 Å². The zero-order valence-electron chi connectivity index (χ0n) is 19.1. The Bertz CT molecular complexity index is 1270. The summed E-state index contributed by atoms with van der Waals surface area (Å²) in [6, 6.07) is 21.7. The van der Waals surface area contributed by atoms with Crippen LogP contribution in [0.2, 0.25) is 0 Å². The topological polar surface area (TPSA) is 63.6 Å². The van der Waals surface area contributed by atoms with Gasteiger partial charge in [-0.3, -0.25) is 0 Å². The van der Waals surface area contributed by atoms with Gasteiger partial charge in [0.2, 0.25) is 5.52 Å². The molecular weight excluding hydrogens is 382 g/mol. The maximum atomic E-state index is 11.5. The molecule has 0 aliphatic carbocycles. The van der Waals surface area contributed by atoms with Crippen LogP contribution in [-0.4, -0.2) is 4.98 Å². The van der Waals surface area contributed by atoms with Crippen molar-refractivity contribution in [2.75, 3.05) is 0 Å². The zero-order valence-corrected chi connectivity index (χ0v) is 19.1. The van der Waals surface area contributed by atoms with Crippen molar-refractivity contribution in [2.24, 2.45) is 0 Å². The molecule has 4 aromatic rings. The summed E-state index contributed by atoms with van der Waals surface area (Å²) < 4.78 is 0.905. The highest BCUT2D eigenvalue weighted by atomic mass is 16.5. The van der Waals surface area contributed by atoms with Crippen LogP contribution in [0.5, 0.6) is 0 Å². The molecule has 0 atom stereocenters. The van der Waals surface area contributed by atoms with Gasteiger partial charge in [0.25, 0.3) is 0 Å². The highest BCUT2D eigenvalue weighted by Crippen LogP contribution is 2.26. The van der Waals surface area contributed by atoms with E-state index in [1.807, 2.05) is 30.3 Å². The van der Waals surface area contributed by atoms with Gasteiger partial charge in [-0.1, -0.05) is 53.7 Å². The van der Waals surface area contributed by atoms with Crippen LogP contribution >= 0.6 is 0 Å². The summed E-state index contributed by atoms with van der Waals surface area (Å²) in [4.78, 5) is 4.26. The lowest BCUT2D eigenvalue weighted by atomic mass is 9.86. The molecule has 0 saturated carbocycles. The second kappa shape index (κ2) is 8.35. The first-order valence-corrected chi connectivity index (χ1v) is 10.4. The van der Waals surface area contributed by atoms with Crippen molar-refractivity contribution in [1.82, 2.24) is 4.98 Å². The Balaban J connectivity index is 0.000000176. The SMILES string of the molecule is CC(C)(C)c1ccc2c(ccc[n+]2[O-])c1.CC(C)(C)c1ccc2nc(C#N)ccc2c1. The largest absolute Gasteiger partial charge is 0.618 e. The second-order valence-corrected chi connectivity index (χ2v) is 9.82. The summed E-state index contributed by atoms with van der Waals surface area (Å²) in [6.07, 6.45) is 1.53. The van der Waals surface area contributed by atoms with Gasteiger partial charge in [0.15, 0.2) is 6.20 Å². The third kappa shape index (κ3) is 5.19. The van der Waals surface area contributed by atoms with Crippen LogP contribution in [0, 0.1) is 16.5 Å². The molecule has 0 aliphatic heterocycles. The fraction of sp³-hybridized carbons (Fsp3) is 0.296. The van der Waals surface area contributed by atoms with E-state index in [4.69, 9.17) is 5.26 Å². The Labute approximate surface area is 184 Å². The molecule has 0 amide bonds. The molecule has 0 spiro atoms. The summed E-state index contributed by atoms with van der Waals surface area (Å²) in [7, 11) is 0. The molecule has 4 rings (SSSR count). The number of rotatable bonds is 0. The van der Waals surface area contributed by atoms with E-state index in [9.17, 15) is 5.21 Å². The van der Waals surface area contributed by atoms with Gasteiger partial charge in [0, 0.05) is 22.9 Å². The lowest BCUT2D eigenvalue weighted by Crippen LogP contribution is -2.26. The van der Waals surface area contributed by atoms with Gasteiger partial charge in [0.05, 0.1) is 5.52 Å². The van der Waals surface area contributed by atoms with Crippen molar-refractivity contribution in [3.8, 4) is 6.07 Å². The number of hydrogen-bond donors (Lipinski definition) is 0. The first kappa shape index (κ1) is 22.2. The Hall–Kier alpha value is -3.45. The smallest absolute Gasteiger partial charge is 0.223 e. The Morgan fingerprint density at radius 2 is 1.42 bits per heavy atom. The number of aromatic nitrogens is 2. The molecule has 31 heavy (non-hydrogen) atoms. The van der Waals surface area contributed by atoms with Crippen LogP contribution in [0.4, 0.5) is 0 Å². The molecule has 0 saturated heterocycles. The third-order valence-electron chi connectivity index (χ3n) is 5.30. The van der Waals surface area contributed by atoms with Crippen LogP contribution in [0.15, 0.2) is 66.9 Å². The first-order valence-electron chi connectivity index (χ1n) is 10.4. The Morgan fingerprint density at radius 1 is 0.806 bits per heavy atom. The van der Waals surface area contributed by atoms with Crippen LogP contribution in [-0.2, 0) is 10.8 Å². The van der Waals surface area contributed by atoms with Gasteiger partial charge in [-0.2, -0.15) is 9.99 Å². The van der Waals surface area contributed by atoms with E-state index < -0.39 is 0 Å². The lowest BCUT2D eigenvalue weighted by Gasteiger charge is -2.19. The quantitative estimate of drug-likeness (QED) is 0.256. The Kier molecular flexibility index (Phi) is 5.99. The average molecular weight is 412 g/mol. The summed E-state index contributed by atoms with van der Waals surface area (Å²) >= 11 is 0. The number of pyridine rings is 2. The minimum atomic E-state index is 0.123. The zero-order chi connectivity index (χ0) is 22.8. The molecule has 0 N–H and O–H groups in total. The first-order chi connectivity index (χ1) is 14.5. The van der Waals surface area contributed by atoms with Crippen LogP contribution in [0.25, 0.3) is 21.8 Å². The predicted octanol–water partition coefficient (Wildman–Crippen LogP) is 6.17. The Morgan fingerprint density at radius 3 is 2.03 bits per heavy atom. The van der Waals surface area contributed by atoms with Crippen molar-refractivity contribution in [1.29, 1.82) is 5.26 Å². The van der Waals surface area contributed by atoms with Crippen molar-refractivity contribution in [3.05, 3.63) is 88.9 Å². The van der Waals surface area contributed by atoms with Crippen LogP contribution in [0.3, 0.4) is 0 Å². The number of fused-ring (bicyclic) bond motifs is 2. The molecule has 0 radical (unpaired) electrons. The van der Waals surface area contributed by atoms with E-state index in [0.29, 0.717) is 5.69 Å². The molecule has 2 aromatic heterocycles. The molecular formula is C27H29N3O. The maximum absolute atomic E-state index is 11.5. The number of hydrogen-bond acceptors (Lipinski definition) is 3. The predicted molar refractivity (Wildman–Crippen MR) is 127 cm³/mol. The van der Waals surface area contributed by atoms with Gasteiger partial charge in [-0.25, -0.2) is 4.98 Å². The fourth-order valence-electron chi connectivity index (χ4n) is 3.31. The average Bonchev–Trinajstić information content (AvgIpc) is 2.72. The number of nitriles is 1. The van der Waals surface area contributed by atoms with Crippen molar-refractivity contribution < 1.29 is 4.73 Å². The second-order valence-electron chi connectivity index (χ2n) is 9.82. The van der Waals surface area contributed by atoms with E-state index >= 15 is 0 Å². The molecule has 2 aromatic carbocycles. The summed E-state index contributed by atoms with van der Waals surface area (Å²) in [6.45, 7) is 13.1.